The summed E-state index contributed by atoms with van der Waals surface area (Å²) < 4.78 is 26.2. The molecular weight excluding hydrogens is 266 g/mol. The van der Waals surface area contributed by atoms with Crippen LogP contribution in [0, 0.1) is 0 Å². The summed E-state index contributed by atoms with van der Waals surface area (Å²) >= 11 is 0. The molecule has 0 spiro atoms. The van der Waals surface area contributed by atoms with Crippen LogP contribution in [-0.4, -0.2) is 23.5 Å². The number of benzene rings is 1. The molecule has 0 aliphatic rings. The monoisotopic (exact) mass is 281 g/mol. The highest BCUT2D eigenvalue weighted by atomic mass is 32.2. The topological polar surface area (TPSA) is 95.1 Å². The Morgan fingerprint density at radius 3 is 2.79 bits per heavy atom. The van der Waals surface area contributed by atoms with Gasteiger partial charge in [-0.1, -0.05) is 24.3 Å². The van der Waals surface area contributed by atoms with Crippen LogP contribution in [0.1, 0.15) is 17.0 Å². The maximum Gasteiger partial charge on any atom is 0.216 e. The SMILES string of the molecule is O=S(=O)(Cc1cccc(CO)c1)NCc1ncc[nH]1. The Morgan fingerprint density at radius 1 is 1.32 bits per heavy atom. The Labute approximate surface area is 111 Å². The van der Waals surface area contributed by atoms with E-state index in [1.165, 1.54) is 0 Å². The first-order valence-corrected chi connectivity index (χ1v) is 7.38. The van der Waals surface area contributed by atoms with Crippen LogP contribution >= 0.6 is 0 Å². The molecule has 0 atom stereocenters. The van der Waals surface area contributed by atoms with E-state index in [4.69, 9.17) is 5.11 Å². The number of aliphatic hydroxyl groups is 1. The van der Waals surface area contributed by atoms with Crippen LogP contribution in [0.5, 0.6) is 0 Å². The molecule has 102 valence electrons. The summed E-state index contributed by atoms with van der Waals surface area (Å²) in [7, 11) is -3.43. The molecule has 0 radical (unpaired) electrons. The minimum absolute atomic E-state index is 0.103. The van der Waals surface area contributed by atoms with Crippen molar-refractivity contribution in [2.45, 2.75) is 18.9 Å². The van der Waals surface area contributed by atoms with Crippen molar-refractivity contribution >= 4 is 10.0 Å². The lowest BCUT2D eigenvalue weighted by atomic mass is 10.1. The molecule has 3 N–H and O–H groups in total. The highest BCUT2D eigenvalue weighted by Gasteiger charge is 2.12. The summed E-state index contributed by atoms with van der Waals surface area (Å²) in [4.78, 5) is 6.76. The molecule has 7 heteroatoms. The quantitative estimate of drug-likeness (QED) is 0.719. The van der Waals surface area contributed by atoms with Gasteiger partial charge in [-0.15, -0.1) is 0 Å². The molecule has 0 aliphatic heterocycles. The molecule has 0 saturated heterocycles. The summed E-state index contributed by atoms with van der Waals surface area (Å²) in [5, 5.41) is 9.01. The molecule has 6 nitrogen and oxygen atoms in total. The Morgan fingerprint density at radius 2 is 2.11 bits per heavy atom. The van der Waals surface area contributed by atoms with Gasteiger partial charge in [-0.2, -0.15) is 0 Å². The van der Waals surface area contributed by atoms with Crippen molar-refractivity contribution in [2.24, 2.45) is 0 Å². The molecule has 0 aliphatic carbocycles. The lowest BCUT2D eigenvalue weighted by Crippen LogP contribution is -2.25. The van der Waals surface area contributed by atoms with Gasteiger partial charge in [-0.3, -0.25) is 0 Å². The molecule has 2 rings (SSSR count). The van der Waals surface area contributed by atoms with Crippen molar-refractivity contribution in [3.8, 4) is 0 Å². The highest BCUT2D eigenvalue weighted by molar-refractivity contribution is 7.88. The number of sulfonamides is 1. The predicted molar refractivity (Wildman–Crippen MR) is 70.4 cm³/mol. The summed E-state index contributed by atoms with van der Waals surface area (Å²) in [6.45, 7) is 0.0305. The number of hydrogen-bond acceptors (Lipinski definition) is 4. The Hall–Kier alpha value is -1.70. The number of nitrogens with zero attached hydrogens (tertiary/aromatic N) is 1. The van der Waals surface area contributed by atoms with Crippen LogP contribution in [-0.2, 0) is 28.9 Å². The number of imidazole rings is 1. The fourth-order valence-corrected chi connectivity index (χ4v) is 2.74. The first kappa shape index (κ1) is 13.7. The van der Waals surface area contributed by atoms with E-state index in [1.807, 2.05) is 0 Å². The minimum atomic E-state index is -3.43. The van der Waals surface area contributed by atoms with E-state index in [0.29, 0.717) is 17.0 Å². The number of aromatic amines is 1. The van der Waals surface area contributed by atoms with Gasteiger partial charge in [0.15, 0.2) is 0 Å². The maximum absolute atomic E-state index is 11.9. The average molecular weight is 281 g/mol. The summed E-state index contributed by atoms with van der Waals surface area (Å²) in [6.07, 6.45) is 3.20. The van der Waals surface area contributed by atoms with E-state index >= 15 is 0 Å². The van der Waals surface area contributed by atoms with E-state index in [0.717, 1.165) is 0 Å². The van der Waals surface area contributed by atoms with Crippen molar-refractivity contribution in [1.82, 2.24) is 14.7 Å². The number of nitrogens with one attached hydrogen (secondary N) is 2. The Kier molecular flexibility index (Phi) is 4.31. The summed E-state index contributed by atoms with van der Waals surface area (Å²) in [5.41, 5.74) is 1.33. The van der Waals surface area contributed by atoms with Crippen molar-refractivity contribution < 1.29 is 13.5 Å². The second-order valence-corrected chi connectivity index (χ2v) is 5.90. The van der Waals surface area contributed by atoms with Crippen molar-refractivity contribution in [1.29, 1.82) is 0 Å². The standard InChI is InChI=1S/C12H15N3O3S/c16-8-10-2-1-3-11(6-10)9-19(17,18)15-7-12-13-4-5-14-12/h1-6,15-16H,7-9H2,(H,13,14). The van der Waals surface area contributed by atoms with Gasteiger partial charge < -0.3 is 10.1 Å². The van der Waals surface area contributed by atoms with E-state index in [2.05, 4.69) is 14.7 Å². The van der Waals surface area contributed by atoms with Crippen LogP contribution in [0.3, 0.4) is 0 Å². The average Bonchev–Trinajstić information content (AvgIpc) is 2.89. The maximum atomic E-state index is 11.9. The van der Waals surface area contributed by atoms with Gasteiger partial charge in [-0.05, 0) is 11.1 Å². The first-order valence-electron chi connectivity index (χ1n) is 5.73. The van der Waals surface area contributed by atoms with Gasteiger partial charge in [0.25, 0.3) is 0 Å². The summed E-state index contributed by atoms with van der Waals surface area (Å²) in [5.74, 6) is 0.439. The molecule has 1 aromatic carbocycles. The van der Waals surface area contributed by atoms with Crippen LogP contribution < -0.4 is 4.72 Å². The zero-order valence-corrected chi connectivity index (χ0v) is 11.0. The second-order valence-electron chi connectivity index (χ2n) is 4.09. The predicted octanol–water partition coefficient (Wildman–Crippen LogP) is 0.522. The largest absolute Gasteiger partial charge is 0.392 e. The molecule has 19 heavy (non-hydrogen) atoms. The molecule has 0 fully saturated rings. The van der Waals surface area contributed by atoms with Crippen molar-refractivity contribution in [3.05, 3.63) is 53.6 Å². The van der Waals surface area contributed by atoms with Gasteiger partial charge in [0.05, 0.1) is 18.9 Å². The van der Waals surface area contributed by atoms with E-state index in [1.54, 1.807) is 36.7 Å². The third kappa shape index (κ3) is 4.16. The van der Waals surface area contributed by atoms with Gasteiger partial charge in [-0.25, -0.2) is 18.1 Å². The smallest absolute Gasteiger partial charge is 0.216 e. The number of aliphatic hydroxyl groups excluding tert-OH is 1. The van der Waals surface area contributed by atoms with Gasteiger partial charge in [0.2, 0.25) is 10.0 Å². The second kappa shape index (κ2) is 5.96. The lowest BCUT2D eigenvalue weighted by Gasteiger charge is -2.06. The fourth-order valence-electron chi connectivity index (χ4n) is 1.66. The van der Waals surface area contributed by atoms with Crippen molar-refractivity contribution in [3.63, 3.8) is 0 Å². The van der Waals surface area contributed by atoms with Crippen LogP contribution in [0.15, 0.2) is 36.7 Å². The number of hydrogen-bond donors (Lipinski definition) is 3. The minimum Gasteiger partial charge on any atom is -0.392 e. The lowest BCUT2D eigenvalue weighted by molar-refractivity contribution is 0.282. The van der Waals surface area contributed by atoms with Gasteiger partial charge in [0, 0.05) is 12.4 Å². The fraction of sp³-hybridized carbons (Fsp3) is 0.250. The van der Waals surface area contributed by atoms with Crippen LogP contribution in [0.2, 0.25) is 0 Å². The third-order valence-corrected chi connectivity index (χ3v) is 3.84. The Bertz CT molecular complexity index is 623. The molecular formula is C12H15N3O3S. The normalized spacial score (nSPS) is 11.6. The van der Waals surface area contributed by atoms with E-state index in [-0.39, 0.29) is 18.9 Å². The zero-order chi connectivity index (χ0) is 13.7. The van der Waals surface area contributed by atoms with Gasteiger partial charge >= 0.3 is 0 Å². The summed E-state index contributed by atoms with van der Waals surface area (Å²) in [6, 6.07) is 6.85. The molecule has 0 bridgehead atoms. The van der Waals surface area contributed by atoms with Crippen molar-refractivity contribution in [2.75, 3.05) is 0 Å². The zero-order valence-electron chi connectivity index (χ0n) is 10.2. The number of H-pyrrole nitrogens is 1. The number of aromatic nitrogens is 2. The first-order chi connectivity index (χ1) is 9.09. The van der Waals surface area contributed by atoms with Crippen LogP contribution in [0.25, 0.3) is 0 Å². The molecule has 1 aromatic heterocycles. The highest BCUT2D eigenvalue weighted by Crippen LogP contribution is 2.09. The molecule has 0 amide bonds. The van der Waals surface area contributed by atoms with E-state index in [9.17, 15) is 8.42 Å². The Balaban J connectivity index is 2.00. The molecule has 0 unspecified atom stereocenters. The molecule has 0 saturated carbocycles. The molecule has 1 heterocycles. The van der Waals surface area contributed by atoms with Gasteiger partial charge in [0.1, 0.15) is 5.82 Å². The molecule has 2 aromatic rings. The third-order valence-electron chi connectivity index (χ3n) is 2.55. The number of rotatable bonds is 6. The van der Waals surface area contributed by atoms with Crippen LogP contribution in [0.4, 0.5) is 0 Å². The van der Waals surface area contributed by atoms with E-state index < -0.39 is 10.0 Å².